The van der Waals surface area contributed by atoms with Crippen LogP contribution in [-0.2, 0) is 20.5 Å². The van der Waals surface area contributed by atoms with Gasteiger partial charge in [-0.25, -0.2) is 0 Å². The highest BCUT2D eigenvalue weighted by molar-refractivity contribution is 7.50. The van der Waals surface area contributed by atoms with Gasteiger partial charge in [0.2, 0.25) is 0 Å². The number of rotatable bonds is 12. The van der Waals surface area contributed by atoms with Crippen molar-refractivity contribution >= 4 is 32.3 Å². The zero-order valence-corrected chi connectivity index (χ0v) is 25.2. The molecule has 0 aliphatic carbocycles. The predicted octanol–water partition coefficient (Wildman–Crippen LogP) is -0.130. The first-order chi connectivity index (χ1) is 19.5. The first-order valence-electron chi connectivity index (χ1n) is 13.6. The van der Waals surface area contributed by atoms with Gasteiger partial charge in [-0.05, 0) is 31.5 Å². The second kappa shape index (κ2) is 20.4. The molecule has 0 spiro atoms. The Labute approximate surface area is 243 Å². The average molecular weight is 600 g/mol. The van der Waals surface area contributed by atoms with Crippen molar-refractivity contribution in [3.63, 3.8) is 0 Å². The first kappa shape index (κ1) is 36.5. The number of carboxylic acid groups (broad SMARTS) is 2. The van der Waals surface area contributed by atoms with Gasteiger partial charge in [-0.1, -0.05) is 12.1 Å². The number of carboxylic acids is 2. The smallest absolute Gasteiger partial charge is 0.317 e. The van der Waals surface area contributed by atoms with Gasteiger partial charge in [-0.15, -0.1) is 0 Å². The fraction of sp³-hybridized carbons (Fsp3) is 0.630. The van der Waals surface area contributed by atoms with Crippen molar-refractivity contribution in [2.24, 2.45) is 0 Å². The van der Waals surface area contributed by atoms with Gasteiger partial charge in [-0.2, -0.15) is 0 Å². The zero-order chi connectivity index (χ0) is 30.8. The Morgan fingerprint density at radius 2 is 1.27 bits per heavy atom. The summed E-state index contributed by atoms with van der Waals surface area (Å²) in [7, 11) is -0.408. The number of benzene rings is 1. The van der Waals surface area contributed by atoms with E-state index in [4.69, 9.17) is 5.11 Å². The van der Waals surface area contributed by atoms with E-state index in [0.29, 0.717) is 70.4 Å². The minimum Gasteiger partial charge on any atom is -0.480 e. The number of carbonyl (C=O) groups excluding carboxylic acids is 2. The van der Waals surface area contributed by atoms with E-state index < -0.39 is 20.1 Å². The molecule has 0 aromatic heterocycles. The van der Waals surface area contributed by atoms with Crippen molar-refractivity contribution in [3.8, 4) is 0 Å². The van der Waals surface area contributed by atoms with Crippen LogP contribution >= 0.6 is 8.15 Å². The van der Waals surface area contributed by atoms with Crippen LogP contribution in [0.15, 0.2) is 24.3 Å². The number of carbonyl (C=O) groups is 4. The largest absolute Gasteiger partial charge is 0.480 e. The fourth-order valence-electron chi connectivity index (χ4n) is 4.31. The monoisotopic (exact) mass is 599 g/mol. The summed E-state index contributed by atoms with van der Waals surface area (Å²) in [6.07, 6.45) is 1.71. The molecule has 1 aliphatic heterocycles. The third-order valence-electron chi connectivity index (χ3n) is 6.34. The molecule has 0 bridgehead atoms. The third-order valence-corrected chi connectivity index (χ3v) is 7.80. The fourth-order valence-corrected chi connectivity index (χ4v) is 5.78. The van der Waals surface area contributed by atoms with Gasteiger partial charge < -0.3 is 30.3 Å². The number of hydrogen-bond acceptors (Lipinski definition) is 10. The molecular formula is C27H46N5O8P. The maximum atomic E-state index is 12.2. The molecule has 1 aromatic carbocycles. The number of aliphatic hydroxyl groups excluding tert-OH is 1. The summed E-state index contributed by atoms with van der Waals surface area (Å²) < 4.78 is 0. The van der Waals surface area contributed by atoms with Crippen LogP contribution in [0.4, 0.5) is 0 Å². The molecule has 1 fully saturated rings. The van der Waals surface area contributed by atoms with Crippen molar-refractivity contribution < 1.29 is 39.4 Å². The van der Waals surface area contributed by atoms with E-state index in [1.165, 1.54) is 0 Å². The molecule has 41 heavy (non-hydrogen) atoms. The van der Waals surface area contributed by atoms with Gasteiger partial charge in [-0.3, -0.25) is 34.0 Å². The van der Waals surface area contributed by atoms with E-state index in [1.54, 1.807) is 21.9 Å². The minimum absolute atomic E-state index is 0.0417. The maximum Gasteiger partial charge on any atom is 0.317 e. The van der Waals surface area contributed by atoms with Crippen molar-refractivity contribution in [2.45, 2.75) is 26.1 Å². The lowest BCUT2D eigenvalue weighted by molar-refractivity contribution is -0.140. The molecular weight excluding hydrogens is 553 g/mol. The molecule has 2 rings (SSSR count). The van der Waals surface area contributed by atoms with E-state index in [0.717, 1.165) is 19.0 Å². The lowest BCUT2D eigenvalue weighted by Crippen LogP contribution is -2.48. The number of nitrogens with zero attached hydrogens (tertiary/aromatic N) is 4. The Morgan fingerprint density at radius 1 is 0.829 bits per heavy atom. The zero-order valence-electron chi connectivity index (χ0n) is 24.3. The van der Waals surface area contributed by atoms with Crippen LogP contribution in [0.3, 0.4) is 0 Å². The Morgan fingerprint density at radius 3 is 1.68 bits per heavy atom. The van der Waals surface area contributed by atoms with E-state index in [1.807, 2.05) is 30.9 Å². The standard InChI is InChI=1S/C26H42N5O7P.CH4O/c1-21(2)27-26(37)23-5-3-22(4-6-23)19-39(38)20-31-13-8-28(15-16-32)7-9-29(17-24(33)34)10-11-30(12-14-31)18-25(35)36;1-2/h3-6,16,21,38H,7-15,17-20H2,1-2H3,(H,27,37)(H,33,34)(H,35,36);2H,1H3. The van der Waals surface area contributed by atoms with Gasteiger partial charge in [0.25, 0.3) is 5.91 Å². The molecule has 232 valence electrons. The molecule has 14 heteroatoms. The van der Waals surface area contributed by atoms with Crippen LogP contribution in [0.5, 0.6) is 0 Å². The summed E-state index contributed by atoms with van der Waals surface area (Å²) in [5.41, 5.74) is 1.49. The first-order valence-corrected chi connectivity index (χ1v) is 15.3. The number of amides is 1. The third kappa shape index (κ3) is 15.9. The van der Waals surface area contributed by atoms with Gasteiger partial charge in [0.05, 0.1) is 19.6 Å². The van der Waals surface area contributed by atoms with E-state index in [9.17, 15) is 34.3 Å². The molecule has 1 atom stereocenters. The highest BCUT2D eigenvalue weighted by atomic mass is 31.1. The molecule has 0 radical (unpaired) electrons. The summed E-state index contributed by atoms with van der Waals surface area (Å²) >= 11 is 0. The summed E-state index contributed by atoms with van der Waals surface area (Å²) in [4.78, 5) is 64.7. The van der Waals surface area contributed by atoms with Crippen molar-refractivity contribution in [3.05, 3.63) is 35.4 Å². The van der Waals surface area contributed by atoms with Crippen molar-refractivity contribution in [2.75, 3.05) is 85.4 Å². The van der Waals surface area contributed by atoms with Crippen LogP contribution in [-0.4, -0.2) is 155 Å². The number of aldehydes is 1. The molecule has 1 unspecified atom stereocenters. The highest BCUT2D eigenvalue weighted by Gasteiger charge is 2.20. The Kier molecular flexibility index (Phi) is 18.2. The second-order valence-electron chi connectivity index (χ2n) is 10.1. The Bertz CT molecular complexity index is 937. The van der Waals surface area contributed by atoms with E-state index in [-0.39, 0.29) is 31.6 Å². The van der Waals surface area contributed by atoms with Crippen molar-refractivity contribution in [1.82, 2.24) is 24.9 Å². The molecule has 1 saturated heterocycles. The van der Waals surface area contributed by atoms with Crippen LogP contribution < -0.4 is 5.32 Å². The van der Waals surface area contributed by atoms with Gasteiger partial charge in [0.15, 0.2) is 0 Å². The molecule has 0 saturated carbocycles. The second-order valence-corrected chi connectivity index (χ2v) is 11.7. The van der Waals surface area contributed by atoms with Gasteiger partial charge >= 0.3 is 11.9 Å². The summed E-state index contributed by atoms with van der Waals surface area (Å²) in [6, 6.07) is 7.24. The van der Waals surface area contributed by atoms with Gasteiger partial charge in [0, 0.05) is 91.7 Å². The van der Waals surface area contributed by atoms with E-state index in [2.05, 4.69) is 10.2 Å². The van der Waals surface area contributed by atoms with Crippen LogP contribution in [0, 0.1) is 0 Å². The molecule has 1 aromatic rings. The quantitative estimate of drug-likeness (QED) is 0.159. The predicted molar refractivity (Wildman–Crippen MR) is 157 cm³/mol. The average Bonchev–Trinajstić information content (AvgIpc) is 2.90. The SMILES string of the molecule is CC(C)NC(=O)c1ccc(CP(O)CN2CCN(CC=O)CCN(CC(=O)O)CCN(CC(=O)O)CC2)cc1.CO. The summed E-state index contributed by atoms with van der Waals surface area (Å²) in [5.74, 6) is -2.05. The molecule has 1 amide bonds. The lowest BCUT2D eigenvalue weighted by atomic mass is 10.1. The Hall–Kier alpha value is -2.51. The molecule has 5 N–H and O–H groups in total. The summed E-state index contributed by atoms with van der Waals surface area (Å²) in [5, 5.41) is 28.5. The van der Waals surface area contributed by atoms with Crippen LogP contribution in [0.1, 0.15) is 29.8 Å². The lowest BCUT2D eigenvalue weighted by Gasteiger charge is -2.33. The number of hydrogen-bond donors (Lipinski definition) is 5. The molecule has 1 aliphatic rings. The normalized spacial score (nSPS) is 17.4. The summed E-state index contributed by atoms with van der Waals surface area (Å²) in [6.45, 7) is 7.55. The maximum absolute atomic E-state index is 12.2. The van der Waals surface area contributed by atoms with Crippen LogP contribution in [0.25, 0.3) is 0 Å². The van der Waals surface area contributed by atoms with Crippen LogP contribution in [0.2, 0.25) is 0 Å². The highest BCUT2D eigenvalue weighted by Crippen LogP contribution is 2.35. The molecule has 13 nitrogen and oxygen atoms in total. The minimum atomic E-state index is -1.41. The molecule has 1 heterocycles. The Balaban J connectivity index is 0.00000411. The number of aliphatic hydroxyl groups is 1. The van der Waals surface area contributed by atoms with Crippen molar-refractivity contribution in [1.29, 1.82) is 0 Å². The van der Waals surface area contributed by atoms with E-state index >= 15 is 0 Å². The van der Waals surface area contributed by atoms with Gasteiger partial charge in [0.1, 0.15) is 6.29 Å². The number of aliphatic carboxylic acids is 2. The number of nitrogens with one attached hydrogen (secondary N) is 1. The topological polar surface area (TPSA) is 174 Å².